The molecule has 2 rings (SSSR count). The first-order valence-electron chi connectivity index (χ1n) is 3.48. The maximum Gasteiger partial charge on any atom is 0.147 e. The lowest BCUT2D eigenvalue weighted by molar-refractivity contribution is 1.10. The van der Waals surface area contributed by atoms with Gasteiger partial charge in [0.05, 0.1) is 0 Å². The number of nitrogens with two attached hydrogens (primary N) is 1. The summed E-state index contributed by atoms with van der Waals surface area (Å²) in [5.74, 6) is 0. The molecule has 0 fully saturated rings. The largest absolute Gasteiger partial charge is 0.399 e. The van der Waals surface area contributed by atoms with Crippen molar-refractivity contribution in [3.05, 3.63) is 29.8 Å². The van der Waals surface area contributed by atoms with Crippen molar-refractivity contribution in [2.45, 2.75) is 0 Å². The molecule has 60 valence electrons. The zero-order chi connectivity index (χ0) is 8.39. The van der Waals surface area contributed by atoms with E-state index in [0.29, 0.717) is 0 Å². The van der Waals surface area contributed by atoms with Crippen LogP contribution in [-0.2, 0) is 0 Å². The number of anilines is 1. The molecular formula is C8H7N3S. The van der Waals surface area contributed by atoms with Gasteiger partial charge >= 0.3 is 0 Å². The van der Waals surface area contributed by atoms with E-state index in [9.17, 15) is 0 Å². The number of nitrogen functional groups attached to an aromatic ring is 1. The summed E-state index contributed by atoms with van der Waals surface area (Å²) in [4.78, 5) is 0. The van der Waals surface area contributed by atoms with Gasteiger partial charge in [-0.2, -0.15) is 0 Å². The summed E-state index contributed by atoms with van der Waals surface area (Å²) in [7, 11) is 0. The predicted octanol–water partition coefficient (Wildman–Crippen LogP) is 1.79. The number of nitrogens with zero attached hydrogens (tertiary/aromatic N) is 2. The van der Waals surface area contributed by atoms with Gasteiger partial charge < -0.3 is 5.73 Å². The first kappa shape index (κ1) is 7.24. The minimum atomic E-state index is 0.753. The fraction of sp³-hybridized carbons (Fsp3) is 0. The van der Waals surface area contributed by atoms with E-state index >= 15 is 0 Å². The summed E-state index contributed by atoms with van der Waals surface area (Å²) in [6.45, 7) is 0. The van der Waals surface area contributed by atoms with Crippen LogP contribution < -0.4 is 5.73 Å². The van der Waals surface area contributed by atoms with Crippen molar-refractivity contribution in [2.24, 2.45) is 0 Å². The third kappa shape index (κ3) is 1.29. The molecule has 0 aliphatic rings. The highest BCUT2D eigenvalue weighted by Crippen LogP contribution is 2.21. The molecule has 3 nitrogen and oxygen atoms in total. The summed E-state index contributed by atoms with van der Waals surface area (Å²) in [5.41, 5.74) is 9.11. The van der Waals surface area contributed by atoms with E-state index in [1.807, 2.05) is 24.3 Å². The van der Waals surface area contributed by atoms with Crippen molar-refractivity contribution in [2.75, 3.05) is 5.73 Å². The highest BCUT2D eigenvalue weighted by Gasteiger charge is 1.99. The minimum absolute atomic E-state index is 0.753. The van der Waals surface area contributed by atoms with E-state index < -0.39 is 0 Å². The molecule has 0 atom stereocenters. The van der Waals surface area contributed by atoms with Gasteiger partial charge in [-0.25, -0.2) is 0 Å². The van der Waals surface area contributed by atoms with Gasteiger partial charge in [-0.1, -0.05) is 23.5 Å². The Hall–Kier alpha value is -1.42. The summed E-state index contributed by atoms with van der Waals surface area (Å²) in [5, 5.41) is 8.60. The highest BCUT2D eigenvalue weighted by molar-refractivity contribution is 7.12. The molecule has 0 unspecified atom stereocenters. The van der Waals surface area contributed by atoms with E-state index in [-0.39, 0.29) is 0 Å². The second kappa shape index (κ2) is 2.91. The Kier molecular flexibility index (Phi) is 1.75. The molecule has 2 aromatic rings. The van der Waals surface area contributed by atoms with Gasteiger partial charge in [0.25, 0.3) is 0 Å². The monoisotopic (exact) mass is 177 g/mol. The molecule has 12 heavy (non-hydrogen) atoms. The number of rotatable bonds is 1. The van der Waals surface area contributed by atoms with Crippen LogP contribution in [0.15, 0.2) is 29.8 Å². The first-order chi connectivity index (χ1) is 5.86. The molecule has 0 aliphatic heterocycles. The van der Waals surface area contributed by atoms with Crippen molar-refractivity contribution in [1.82, 2.24) is 10.2 Å². The number of aromatic nitrogens is 2. The molecule has 0 saturated carbocycles. The van der Waals surface area contributed by atoms with Crippen LogP contribution in [0.3, 0.4) is 0 Å². The van der Waals surface area contributed by atoms with E-state index in [2.05, 4.69) is 10.2 Å². The molecule has 4 heteroatoms. The molecule has 1 aromatic carbocycles. The van der Waals surface area contributed by atoms with E-state index in [1.165, 1.54) is 11.3 Å². The molecule has 2 N–H and O–H groups in total. The zero-order valence-corrected chi connectivity index (χ0v) is 7.08. The average Bonchev–Trinajstić information content (AvgIpc) is 2.56. The molecule has 0 spiro atoms. The molecule has 0 saturated heterocycles. The molecular weight excluding hydrogens is 170 g/mol. The molecule has 0 amide bonds. The van der Waals surface area contributed by atoms with Gasteiger partial charge in [0.15, 0.2) is 0 Å². The topological polar surface area (TPSA) is 51.8 Å². The van der Waals surface area contributed by atoms with Crippen molar-refractivity contribution in [1.29, 1.82) is 0 Å². The minimum Gasteiger partial charge on any atom is -0.399 e. The number of hydrogen-bond donors (Lipinski definition) is 1. The lowest BCUT2D eigenvalue weighted by Gasteiger charge is -1.95. The molecule has 0 radical (unpaired) electrons. The maximum atomic E-state index is 5.62. The maximum absolute atomic E-state index is 5.62. The Morgan fingerprint density at radius 1 is 1.33 bits per heavy atom. The first-order valence-corrected chi connectivity index (χ1v) is 4.36. The lowest BCUT2D eigenvalue weighted by Crippen LogP contribution is -1.84. The van der Waals surface area contributed by atoms with E-state index in [0.717, 1.165) is 16.3 Å². The van der Waals surface area contributed by atoms with Crippen LogP contribution in [0, 0.1) is 0 Å². The summed E-state index contributed by atoms with van der Waals surface area (Å²) >= 11 is 1.51. The SMILES string of the molecule is Nc1cccc(-c2nncs2)c1. The van der Waals surface area contributed by atoms with Crippen LogP contribution in [-0.4, -0.2) is 10.2 Å². The smallest absolute Gasteiger partial charge is 0.147 e. The fourth-order valence-corrected chi connectivity index (χ4v) is 1.52. The van der Waals surface area contributed by atoms with E-state index in [4.69, 9.17) is 5.73 Å². The molecule has 1 heterocycles. The summed E-state index contributed by atoms with van der Waals surface area (Å²) < 4.78 is 0. The van der Waals surface area contributed by atoms with Gasteiger partial charge in [-0.05, 0) is 12.1 Å². The van der Waals surface area contributed by atoms with Crippen LogP contribution in [0.4, 0.5) is 5.69 Å². The van der Waals surface area contributed by atoms with Gasteiger partial charge in [0.1, 0.15) is 10.5 Å². The third-order valence-electron chi connectivity index (χ3n) is 1.49. The predicted molar refractivity (Wildman–Crippen MR) is 49.8 cm³/mol. The van der Waals surface area contributed by atoms with Crippen molar-refractivity contribution >= 4 is 17.0 Å². The van der Waals surface area contributed by atoms with Gasteiger partial charge in [-0.3, -0.25) is 0 Å². The molecule has 0 bridgehead atoms. The van der Waals surface area contributed by atoms with E-state index in [1.54, 1.807) is 5.51 Å². The van der Waals surface area contributed by atoms with Gasteiger partial charge in [0.2, 0.25) is 0 Å². The highest BCUT2D eigenvalue weighted by atomic mass is 32.1. The van der Waals surface area contributed by atoms with Crippen LogP contribution in [0.1, 0.15) is 0 Å². The summed E-state index contributed by atoms with van der Waals surface area (Å²) in [6.07, 6.45) is 0. The van der Waals surface area contributed by atoms with Gasteiger partial charge in [-0.15, -0.1) is 10.2 Å². The number of hydrogen-bond acceptors (Lipinski definition) is 4. The second-order valence-electron chi connectivity index (χ2n) is 2.37. The van der Waals surface area contributed by atoms with Crippen LogP contribution in [0.2, 0.25) is 0 Å². The zero-order valence-electron chi connectivity index (χ0n) is 6.27. The summed E-state index contributed by atoms with van der Waals surface area (Å²) in [6, 6.07) is 7.62. The Bertz CT molecular complexity index is 370. The van der Waals surface area contributed by atoms with Crippen LogP contribution in [0.25, 0.3) is 10.6 Å². The van der Waals surface area contributed by atoms with Crippen molar-refractivity contribution in [3.63, 3.8) is 0 Å². The van der Waals surface area contributed by atoms with Crippen molar-refractivity contribution in [3.8, 4) is 10.6 Å². The Morgan fingerprint density at radius 3 is 2.92 bits per heavy atom. The standard InChI is InChI=1S/C8H7N3S/c9-7-3-1-2-6(4-7)8-11-10-5-12-8/h1-5H,9H2. The van der Waals surface area contributed by atoms with Gasteiger partial charge in [0, 0.05) is 11.3 Å². The fourth-order valence-electron chi connectivity index (χ4n) is 0.971. The third-order valence-corrected chi connectivity index (χ3v) is 2.23. The second-order valence-corrected chi connectivity index (χ2v) is 3.20. The quantitative estimate of drug-likeness (QED) is 0.675. The van der Waals surface area contributed by atoms with Crippen LogP contribution >= 0.6 is 11.3 Å². The average molecular weight is 177 g/mol. The Morgan fingerprint density at radius 2 is 2.25 bits per heavy atom. The number of benzene rings is 1. The van der Waals surface area contributed by atoms with Crippen molar-refractivity contribution < 1.29 is 0 Å². The Balaban J connectivity index is 2.48. The molecule has 0 aliphatic carbocycles. The lowest BCUT2D eigenvalue weighted by atomic mass is 10.2. The van der Waals surface area contributed by atoms with Crippen LogP contribution in [0.5, 0.6) is 0 Å². The molecule has 1 aromatic heterocycles. The normalized spacial score (nSPS) is 10.0. The Labute approximate surface area is 73.9 Å².